The number of aromatic nitrogens is 1. The summed E-state index contributed by atoms with van der Waals surface area (Å²) in [7, 11) is 0. The van der Waals surface area contributed by atoms with Crippen molar-refractivity contribution in [2.24, 2.45) is 0 Å². The van der Waals surface area contributed by atoms with Gasteiger partial charge in [-0.2, -0.15) is 4.37 Å². The van der Waals surface area contributed by atoms with Gasteiger partial charge in [-0.1, -0.05) is 12.1 Å². The summed E-state index contributed by atoms with van der Waals surface area (Å²) in [5.74, 6) is 0. The maximum atomic E-state index is 4.49. The molecule has 3 rings (SSSR count). The fraction of sp³-hybridized carbons (Fsp3) is 0.417. The second-order valence-electron chi connectivity index (χ2n) is 4.05. The maximum Gasteiger partial charge on any atom is 0.119 e. The molecule has 1 aromatic carbocycles. The first-order valence-corrected chi connectivity index (χ1v) is 6.32. The Morgan fingerprint density at radius 3 is 2.73 bits per heavy atom. The van der Waals surface area contributed by atoms with Crippen LogP contribution in [0.5, 0.6) is 0 Å². The summed E-state index contributed by atoms with van der Waals surface area (Å²) >= 11 is 1.65. The zero-order valence-electron chi connectivity index (χ0n) is 8.65. The standard InChI is InChI=1S/C12H14N2S/c1-4-8-14(9-5-1)12-10-6-2-3-7-11(10)13-15-12/h2-3,6-7H,1,4-5,8-9H2. The van der Waals surface area contributed by atoms with Crippen molar-refractivity contribution in [2.45, 2.75) is 19.3 Å². The normalized spacial score (nSPS) is 17.2. The lowest BCUT2D eigenvalue weighted by molar-refractivity contribution is 0.581. The number of anilines is 1. The molecule has 0 atom stereocenters. The van der Waals surface area contributed by atoms with E-state index in [9.17, 15) is 0 Å². The molecule has 1 fully saturated rings. The molecule has 15 heavy (non-hydrogen) atoms. The summed E-state index contributed by atoms with van der Waals surface area (Å²) in [6, 6.07) is 8.44. The van der Waals surface area contributed by atoms with E-state index in [-0.39, 0.29) is 0 Å². The smallest absolute Gasteiger partial charge is 0.119 e. The second-order valence-corrected chi connectivity index (χ2v) is 4.80. The first-order chi connectivity index (χ1) is 7.45. The molecule has 78 valence electrons. The van der Waals surface area contributed by atoms with Gasteiger partial charge in [0.2, 0.25) is 0 Å². The molecule has 0 amide bonds. The zero-order chi connectivity index (χ0) is 10.1. The van der Waals surface area contributed by atoms with Gasteiger partial charge in [-0.3, -0.25) is 0 Å². The molecule has 1 aromatic heterocycles. The Kier molecular flexibility index (Phi) is 2.33. The van der Waals surface area contributed by atoms with Crippen LogP contribution in [0, 0.1) is 0 Å². The van der Waals surface area contributed by atoms with Gasteiger partial charge in [0.25, 0.3) is 0 Å². The van der Waals surface area contributed by atoms with Crippen LogP contribution in [-0.4, -0.2) is 17.5 Å². The monoisotopic (exact) mass is 218 g/mol. The van der Waals surface area contributed by atoms with Crippen LogP contribution >= 0.6 is 11.5 Å². The molecule has 2 aromatic rings. The SMILES string of the molecule is c1ccc2c(N3CCCCC3)snc2c1. The van der Waals surface area contributed by atoms with Gasteiger partial charge in [0, 0.05) is 18.5 Å². The summed E-state index contributed by atoms with van der Waals surface area (Å²) in [6.45, 7) is 2.40. The predicted molar refractivity (Wildman–Crippen MR) is 65.7 cm³/mol. The van der Waals surface area contributed by atoms with E-state index in [4.69, 9.17) is 0 Å². The molecule has 0 aliphatic carbocycles. The predicted octanol–water partition coefficient (Wildman–Crippen LogP) is 3.29. The molecular formula is C12H14N2S. The first-order valence-electron chi connectivity index (χ1n) is 5.54. The number of piperidine rings is 1. The average Bonchev–Trinajstić information content (AvgIpc) is 2.74. The Labute approximate surface area is 93.7 Å². The van der Waals surface area contributed by atoms with Crippen molar-refractivity contribution < 1.29 is 0 Å². The van der Waals surface area contributed by atoms with Crippen LogP contribution < -0.4 is 4.90 Å². The third-order valence-corrected chi connectivity index (χ3v) is 3.95. The third kappa shape index (κ3) is 1.61. The van der Waals surface area contributed by atoms with E-state index in [1.54, 1.807) is 11.5 Å². The van der Waals surface area contributed by atoms with E-state index < -0.39 is 0 Å². The van der Waals surface area contributed by atoms with Gasteiger partial charge in [0.1, 0.15) is 5.00 Å². The quantitative estimate of drug-likeness (QED) is 0.730. The highest BCUT2D eigenvalue weighted by Crippen LogP contribution is 2.32. The minimum atomic E-state index is 1.14. The van der Waals surface area contributed by atoms with Gasteiger partial charge in [-0.25, -0.2) is 0 Å². The largest absolute Gasteiger partial charge is 0.362 e. The van der Waals surface area contributed by atoms with Crippen LogP contribution in [0.2, 0.25) is 0 Å². The molecule has 3 heteroatoms. The molecule has 2 heterocycles. The topological polar surface area (TPSA) is 16.1 Å². The molecule has 2 nitrogen and oxygen atoms in total. The molecule has 1 aliphatic rings. The zero-order valence-corrected chi connectivity index (χ0v) is 9.46. The Morgan fingerprint density at radius 1 is 1.07 bits per heavy atom. The molecule has 0 spiro atoms. The van der Waals surface area contributed by atoms with E-state index in [1.165, 1.54) is 42.7 Å². The van der Waals surface area contributed by atoms with Crippen molar-refractivity contribution in [1.82, 2.24) is 4.37 Å². The van der Waals surface area contributed by atoms with Crippen molar-refractivity contribution in [3.63, 3.8) is 0 Å². The van der Waals surface area contributed by atoms with E-state index in [2.05, 4.69) is 33.5 Å². The van der Waals surface area contributed by atoms with Crippen LogP contribution in [0.4, 0.5) is 5.00 Å². The average molecular weight is 218 g/mol. The third-order valence-electron chi connectivity index (χ3n) is 3.01. The van der Waals surface area contributed by atoms with Gasteiger partial charge >= 0.3 is 0 Å². The Hall–Kier alpha value is -1.09. The molecule has 1 aliphatic heterocycles. The number of rotatable bonds is 1. The summed E-state index contributed by atoms with van der Waals surface area (Å²) in [4.78, 5) is 2.49. The highest BCUT2D eigenvalue weighted by molar-refractivity contribution is 7.11. The van der Waals surface area contributed by atoms with E-state index in [0.717, 1.165) is 5.52 Å². The molecular weight excluding hydrogens is 204 g/mol. The lowest BCUT2D eigenvalue weighted by Gasteiger charge is -2.27. The summed E-state index contributed by atoms with van der Waals surface area (Å²) in [5, 5.41) is 2.69. The van der Waals surface area contributed by atoms with Gasteiger partial charge in [0.15, 0.2) is 0 Å². The summed E-state index contributed by atoms with van der Waals surface area (Å²) < 4.78 is 4.49. The van der Waals surface area contributed by atoms with Crippen molar-refractivity contribution in [1.29, 1.82) is 0 Å². The van der Waals surface area contributed by atoms with E-state index in [1.807, 2.05) is 0 Å². The highest BCUT2D eigenvalue weighted by atomic mass is 32.1. The molecule has 0 unspecified atom stereocenters. The van der Waals surface area contributed by atoms with Crippen LogP contribution in [-0.2, 0) is 0 Å². The fourth-order valence-electron chi connectivity index (χ4n) is 2.20. The summed E-state index contributed by atoms with van der Waals surface area (Å²) in [5.41, 5.74) is 1.14. The molecule has 0 N–H and O–H groups in total. The summed E-state index contributed by atoms with van der Waals surface area (Å²) in [6.07, 6.45) is 4.03. The lowest BCUT2D eigenvalue weighted by Crippen LogP contribution is -2.28. The molecule has 0 saturated carbocycles. The van der Waals surface area contributed by atoms with Gasteiger partial charge in [0.05, 0.1) is 5.52 Å². The highest BCUT2D eigenvalue weighted by Gasteiger charge is 2.15. The van der Waals surface area contributed by atoms with Gasteiger partial charge < -0.3 is 4.90 Å². The number of benzene rings is 1. The van der Waals surface area contributed by atoms with Crippen molar-refractivity contribution in [3.05, 3.63) is 24.3 Å². The van der Waals surface area contributed by atoms with Crippen LogP contribution in [0.3, 0.4) is 0 Å². The van der Waals surface area contributed by atoms with E-state index >= 15 is 0 Å². The Morgan fingerprint density at radius 2 is 1.87 bits per heavy atom. The molecule has 1 saturated heterocycles. The maximum absolute atomic E-state index is 4.49. The number of hydrogen-bond acceptors (Lipinski definition) is 3. The minimum absolute atomic E-state index is 1.14. The fourth-order valence-corrected chi connectivity index (χ4v) is 3.11. The first kappa shape index (κ1) is 9.16. The Bertz CT molecular complexity index is 457. The van der Waals surface area contributed by atoms with Crippen molar-refractivity contribution in [3.8, 4) is 0 Å². The van der Waals surface area contributed by atoms with Gasteiger partial charge in [-0.15, -0.1) is 0 Å². The molecule has 0 bridgehead atoms. The lowest BCUT2D eigenvalue weighted by atomic mass is 10.1. The van der Waals surface area contributed by atoms with E-state index in [0.29, 0.717) is 0 Å². The number of fused-ring (bicyclic) bond motifs is 1. The number of nitrogens with zero attached hydrogens (tertiary/aromatic N) is 2. The van der Waals surface area contributed by atoms with Crippen LogP contribution in [0.15, 0.2) is 24.3 Å². The second kappa shape index (κ2) is 3.81. The number of hydrogen-bond donors (Lipinski definition) is 0. The van der Waals surface area contributed by atoms with Crippen molar-refractivity contribution >= 4 is 27.4 Å². The Balaban J connectivity index is 2.02. The van der Waals surface area contributed by atoms with Crippen LogP contribution in [0.25, 0.3) is 10.9 Å². The minimum Gasteiger partial charge on any atom is -0.362 e. The van der Waals surface area contributed by atoms with Crippen molar-refractivity contribution in [2.75, 3.05) is 18.0 Å². The molecule has 0 radical (unpaired) electrons. The van der Waals surface area contributed by atoms with Crippen LogP contribution in [0.1, 0.15) is 19.3 Å². The van der Waals surface area contributed by atoms with Gasteiger partial charge in [-0.05, 0) is 42.9 Å².